The molecule has 18 heavy (non-hydrogen) atoms. The van der Waals surface area contributed by atoms with E-state index in [0.717, 1.165) is 25.9 Å². The zero-order valence-corrected chi connectivity index (χ0v) is 13.3. The largest absolute Gasteiger partial charge is 0.417 e. The van der Waals surface area contributed by atoms with Crippen molar-refractivity contribution >= 4 is 8.32 Å². The van der Waals surface area contributed by atoms with Crippen LogP contribution in [0.2, 0.25) is 18.1 Å². The fourth-order valence-corrected chi connectivity index (χ4v) is 2.31. The van der Waals surface area contributed by atoms with Crippen LogP contribution < -0.4 is 0 Å². The Kier molecular flexibility index (Phi) is 7.68. The Bertz CT molecular complexity index is 295. The van der Waals surface area contributed by atoms with Crippen molar-refractivity contribution in [1.82, 2.24) is 0 Å². The van der Waals surface area contributed by atoms with Gasteiger partial charge in [-0.05, 0) is 43.5 Å². The molecule has 0 aromatic carbocycles. The monoisotopic (exact) mass is 276 g/mol. The fraction of sp³-hybridized carbons (Fsp3) is 0.786. The van der Waals surface area contributed by atoms with Gasteiger partial charge < -0.3 is 4.43 Å². The van der Waals surface area contributed by atoms with Crippen LogP contribution in [0.4, 0.5) is 8.78 Å². The summed E-state index contributed by atoms with van der Waals surface area (Å²) in [5.74, 6) is 0. The lowest BCUT2D eigenvalue weighted by Gasteiger charge is -2.36. The standard InChI is InChI=1S/C14H26F2OSi/c1-14(2,3)18(4,5)17-12-10-8-6-7-9-11-13(15)16/h9H,6-8,10,12H2,1-5H3. The summed E-state index contributed by atoms with van der Waals surface area (Å²) in [5, 5.41) is 0.249. The summed E-state index contributed by atoms with van der Waals surface area (Å²) in [6.07, 6.45) is 3.27. The summed E-state index contributed by atoms with van der Waals surface area (Å²) in [5.41, 5.74) is 1.91. The number of rotatable bonds is 7. The molecule has 0 aliphatic carbocycles. The van der Waals surface area contributed by atoms with Crippen molar-refractivity contribution in [3.05, 3.63) is 17.9 Å². The van der Waals surface area contributed by atoms with Crippen LogP contribution in [0.1, 0.15) is 46.5 Å². The third kappa shape index (κ3) is 7.80. The molecular weight excluding hydrogens is 250 g/mol. The lowest BCUT2D eigenvalue weighted by Crippen LogP contribution is -2.40. The van der Waals surface area contributed by atoms with Crippen molar-refractivity contribution in [3.63, 3.8) is 0 Å². The first kappa shape index (κ1) is 17.6. The van der Waals surface area contributed by atoms with Gasteiger partial charge in [0.2, 0.25) is 0 Å². The van der Waals surface area contributed by atoms with E-state index < -0.39 is 14.4 Å². The van der Waals surface area contributed by atoms with Crippen LogP contribution in [-0.2, 0) is 4.43 Å². The van der Waals surface area contributed by atoms with Gasteiger partial charge in [-0.25, -0.2) is 0 Å². The van der Waals surface area contributed by atoms with Crippen molar-refractivity contribution in [3.8, 4) is 0 Å². The van der Waals surface area contributed by atoms with E-state index >= 15 is 0 Å². The zero-order chi connectivity index (χ0) is 14.2. The van der Waals surface area contributed by atoms with Gasteiger partial charge in [0.05, 0.1) is 0 Å². The van der Waals surface area contributed by atoms with E-state index in [1.54, 1.807) is 0 Å². The molecule has 106 valence electrons. The van der Waals surface area contributed by atoms with Crippen molar-refractivity contribution in [2.75, 3.05) is 6.61 Å². The lowest BCUT2D eigenvalue weighted by molar-refractivity contribution is 0.278. The molecule has 0 bridgehead atoms. The number of allylic oxidation sites excluding steroid dienone is 1. The molecule has 0 unspecified atom stereocenters. The van der Waals surface area contributed by atoms with Crippen molar-refractivity contribution in [1.29, 1.82) is 0 Å². The Morgan fingerprint density at radius 2 is 1.78 bits per heavy atom. The Labute approximate surface area is 111 Å². The van der Waals surface area contributed by atoms with Crippen LogP contribution in [0.3, 0.4) is 0 Å². The van der Waals surface area contributed by atoms with Gasteiger partial charge in [0.1, 0.15) is 0 Å². The predicted molar refractivity (Wildman–Crippen MR) is 75.4 cm³/mol. The quantitative estimate of drug-likeness (QED) is 0.339. The number of hydrogen-bond acceptors (Lipinski definition) is 1. The second-order valence-corrected chi connectivity index (χ2v) is 10.9. The molecule has 0 aliphatic heterocycles. The highest BCUT2D eigenvalue weighted by molar-refractivity contribution is 6.74. The molecule has 0 amide bonds. The molecule has 0 N–H and O–H groups in total. The van der Waals surface area contributed by atoms with E-state index in [4.69, 9.17) is 4.43 Å². The maximum Gasteiger partial charge on any atom is 0.312 e. The minimum Gasteiger partial charge on any atom is -0.417 e. The summed E-state index contributed by atoms with van der Waals surface area (Å²) < 4.78 is 29.4. The molecule has 4 heteroatoms. The molecule has 0 aromatic heterocycles. The van der Waals surface area contributed by atoms with Crippen LogP contribution in [0.5, 0.6) is 0 Å². The van der Waals surface area contributed by atoms with Crippen LogP contribution in [-0.4, -0.2) is 14.9 Å². The molecule has 0 saturated carbocycles. The first-order valence-corrected chi connectivity index (χ1v) is 9.48. The highest BCUT2D eigenvalue weighted by Crippen LogP contribution is 2.36. The summed E-state index contributed by atoms with van der Waals surface area (Å²) in [6, 6.07) is 0. The van der Waals surface area contributed by atoms with Crippen molar-refractivity contribution in [2.45, 2.75) is 64.6 Å². The van der Waals surface area contributed by atoms with Crippen LogP contribution in [0.15, 0.2) is 17.9 Å². The van der Waals surface area contributed by atoms with Crippen LogP contribution in [0.25, 0.3) is 0 Å². The van der Waals surface area contributed by atoms with E-state index in [1.807, 2.05) is 5.73 Å². The molecule has 0 aliphatic rings. The molecule has 0 atom stereocenters. The molecule has 1 nitrogen and oxygen atoms in total. The molecule has 0 saturated heterocycles. The molecule has 0 heterocycles. The van der Waals surface area contributed by atoms with Crippen molar-refractivity contribution in [2.24, 2.45) is 0 Å². The maximum atomic E-state index is 11.7. The normalized spacial score (nSPS) is 12.2. The summed E-state index contributed by atoms with van der Waals surface area (Å²) >= 11 is 0. The molecule has 0 fully saturated rings. The highest BCUT2D eigenvalue weighted by Gasteiger charge is 2.36. The van der Waals surface area contributed by atoms with E-state index in [0.29, 0.717) is 6.42 Å². The molecule has 0 radical (unpaired) electrons. The van der Waals surface area contributed by atoms with E-state index in [-0.39, 0.29) is 5.04 Å². The number of hydrogen-bond donors (Lipinski definition) is 0. The minimum atomic E-state index is -1.74. The van der Waals surface area contributed by atoms with Gasteiger partial charge in [-0.15, -0.1) is 0 Å². The Morgan fingerprint density at radius 3 is 2.28 bits per heavy atom. The molecule has 0 spiro atoms. The second kappa shape index (κ2) is 7.88. The third-order valence-electron chi connectivity index (χ3n) is 3.47. The average molecular weight is 276 g/mol. The van der Waals surface area contributed by atoms with Crippen LogP contribution in [0, 0.1) is 0 Å². The third-order valence-corrected chi connectivity index (χ3v) is 8.01. The van der Waals surface area contributed by atoms with Gasteiger partial charge in [0.25, 0.3) is 0 Å². The first-order chi connectivity index (χ1) is 8.17. The second-order valence-electron chi connectivity index (χ2n) is 6.07. The summed E-state index contributed by atoms with van der Waals surface area (Å²) in [7, 11) is -1.62. The van der Waals surface area contributed by atoms with Gasteiger partial charge in [-0.1, -0.05) is 32.9 Å². The zero-order valence-electron chi connectivity index (χ0n) is 12.3. The SMILES string of the molecule is CC(C)(C)[Si](C)(C)OCCCCCC=C=C(F)F. The Morgan fingerprint density at radius 1 is 1.17 bits per heavy atom. The molecule has 0 aromatic rings. The van der Waals surface area contributed by atoms with Gasteiger partial charge in [-0.3, -0.25) is 0 Å². The van der Waals surface area contributed by atoms with Gasteiger partial charge in [0, 0.05) is 6.61 Å². The van der Waals surface area contributed by atoms with Gasteiger partial charge >= 0.3 is 6.08 Å². The van der Waals surface area contributed by atoms with E-state index in [2.05, 4.69) is 33.9 Å². The van der Waals surface area contributed by atoms with Crippen molar-refractivity contribution < 1.29 is 13.2 Å². The average Bonchev–Trinajstić information content (AvgIpc) is 2.19. The summed E-state index contributed by atoms with van der Waals surface area (Å²) in [4.78, 5) is 0. The topological polar surface area (TPSA) is 9.23 Å². The minimum absolute atomic E-state index is 0.249. The summed E-state index contributed by atoms with van der Waals surface area (Å²) in [6.45, 7) is 11.9. The highest BCUT2D eigenvalue weighted by atomic mass is 28.4. The smallest absolute Gasteiger partial charge is 0.312 e. The number of unbranched alkanes of at least 4 members (excludes halogenated alkanes) is 3. The Balaban J connectivity index is 3.67. The van der Waals surface area contributed by atoms with E-state index in [9.17, 15) is 8.78 Å². The number of halogens is 2. The lowest BCUT2D eigenvalue weighted by atomic mass is 10.2. The molecule has 0 rings (SSSR count). The van der Waals surface area contributed by atoms with Gasteiger partial charge in [0.15, 0.2) is 8.32 Å². The Hall–Kier alpha value is -0.443. The molecular formula is C14H26F2OSi. The maximum absolute atomic E-state index is 11.7. The van der Waals surface area contributed by atoms with Gasteiger partial charge in [-0.2, -0.15) is 8.78 Å². The first-order valence-electron chi connectivity index (χ1n) is 6.57. The van der Waals surface area contributed by atoms with E-state index in [1.165, 1.54) is 6.08 Å². The van der Waals surface area contributed by atoms with Crippen LogP contribution >= 0.6 is 0 Å². The fourth-order valence-electron chi connectivity index (χ4n) is 1.22. The predicted octanol–water partition coefficient (Wildman–Crippen LogP) is 5.50.